The SMILES string of the molecule is CCCC1CCN(CC2COc3ccccc3O2)CC1. The Balaban J connectivity index is 1.48. The molecule has 0 spiro atoms. The number of para-hydroxylation sites is 2. The topological polar surface area (TPSA) is 21.7 Å². The second-order valence-corrected chi connectivity index (χ2v) is 6.03. The Morgan fingerprint density at radius 1 is 1.15 bits per heavy atom. The molecule has 0 aliphatic carbocycles. The lowest BCUT2D eigenvalue weighted by atomic mass is 9.92. The third kappa shape index (κ3) is 3.26. The van der Waals surface area contributed by atoms with Crippen molar-refractivity contribution in [3.05, 3.63) is 24.3 Å². The quantitative estimate of drug-likeness (QED) is 0.841. The largest absolute Gasteiger partial charge is 0.486 e. The van der Waals surface area contributed by atoms with Crippen LogP contribution in [0.15, 0.2) is 24.3 Å². The smallest absolute Gasteiger partial charge is 0.161 e. The number of hydrogen-bond donors (Lipinski definition) is 0. The molecule has 3 rings (SSSR count). The van der Waals surface area contributed by atoms with Gasteiger partial charge in [0.1, 0.15) is 12.7 Å². The van der Waals surface area contributed by atoms with Crippen molar-refractivity contribution >= 4 is 0 Å². The number of hydrogen-bond acceptors (Lipinski definition) is 3. The van der Waals surface area contributed by atoms with Crippen molar-refractivity contribution in [2.45, 2.75) is 38.7 Å². The van der Waals surface area contributed by atoms with Crippen molar-refractivity contribution in [2.24, 2.45) is 5.92 Å². The van der Waals surface area contributed by atoms with E-state index in [2.05, 4.69) is 11.8 Å². The van der Waals surface area contributed by atoms with E-state index in [0.717, 1.165) is 24.0 Å². The first-order chi connectivity index (χ1) is 9.85. The van der Waals surface area contributed by atoms with Gasteiger partial charge in [-0.25, -0.2) is 0 Å². The van der Waals surface area contributed by atoms with Crippen LogP contribution in [0, 0.1) is 5.92 Å². The molecule has 110 valence electrons. The van der Waals surface area contributed by atoms with Gasteiger partial charge in [-0.2, -0.15) is 0 Å². The average Bonchev–Trinajstić information content (AvgIpc) is 2.49. The molecule has 1 atom stereocenters. The van der Waals surface area contributed by atoms with E-state index in [9.17, 15) is 0 Å². The summed E-state index contributed by atoms with van der Waals surface area (Å²) in [4.78, 5) is 2.54. The Labute approximate surface area is 121 Å². The number of piperidine rings is 1. The highest BCUT2D eigenvalue weighted by molar-refractivity contribution is 5.40. The third-order valence-electron chi connectivity index (χ3n) is 4.43. The van der Waals surface area contributed by atoms with Gasteiger partial charge in [-0.05, 0) is 44.0 Å². The first-order valence-corrected chi connectivity index (χ1v) is 7.96. The van der Waals surface area contributed by atoms with Crippen LogP contribution in [-0.4, -0.2) is 37.2 Å². The van der Waals surface area contributed by atoms with Gasteiger partial charge in [0.05, 0.1) is 0 Å². The number of fused-ring (bicyclic) bond motifs is 1. The highest BCUT2D eigenvalue weighted by atomic mass is 16.6. The van der Waals surface area contributed by atoms with Crippen LogP contribution in [0.5, 0.6) is 11.5 Å². The molecular weight excluding hydrogens is 250 g/mol. The lowest BCUT2D eigenvalue weighted by molar-refractivity contribution is 0.0472. The standard InChI is InChI=1S/C17H25NO2/c1-2-5-14-8-10-18(11-9-14)12-15-13-19-16-6-3-4-7-17(16)20-15/h3-4,6-7,14-15H,2,5,8-13H2,1H3. The number of likely N-dealkylation sites (tertiary alicyclic amines) is 1. The van der Waals surface area contributed by atoms with Crippen LogP contribution >= 0.6 is 0 Å². The number of nitrogens with zero attached hydrogens (tertiary/aromatic N) is 1. The van der Waals surface area contributed by atoms with Gasteiger partial charge in [-0.3, -0.25) is 4.90 Å². The van der Waals surface area contributed by atoms with Crippen LogP contribution in [-0.2, 0) is 0 Å². The normalized spacial score (nSPS) is 23.8. The fourth-order valence-corrected chi connectivity index (χ4v) is 3.31. The number of rotatable bonds is 4. The molecule has 1 aromatic carbocycles. The summed E-state index contributed by atoms with van der Waals surface area (Å²) >= 11 is 0. The van der Waals surface area contributed by atoms with Crippen LogP contribution in [0.4, 0.5) is 0 Å². The summed E-state index contributed by atoms with van der Waals surface area (Å²) < 4.78 is 11.8. The predicted octanol–water partition coefficient (Wildman–Crippen LogP) is 3.34. The van der Waals surface area contributed by atoms with Gasteiger partial charge in [0, 0.05) is 6.54 Å². The lowest BCUT2D eigenvalue weighted by Crippen LogP contribution is -2.44. The van der Waals surface area contributed by atoms with Gasteiger partial charge in [0.2, 0.25) is 0 Å². The Morgan fingerprint density at radius 3 is 2.65 bits per heavy atom. The van der Waals surface area contributed by atoms with E-state index in [1.165, 1.54) is 38.8 Å². The van der Waals surface area contributed by atoms with Crippen molar-refractivity contribution < 1.29 is 9.47 Å². The fraction of sp³-hybridized carbons (Fsp3) is 0.647. The Kier molecular flexibility index (Phi) is 4.46. The third-order valence-corrected chi connectivity index (χ3v) is 4.43. The van der Waals surface area contributed by atoms with Gasteiger partial charge in [-0.1, -0.05) is 31.9 Å². The Bertz CT molecular complexity index is 427. The average molecular weight is 275 g/mol. The summed E-state index contributed by atoms with van der Waals surface area (Å²) in [6, 6.07) is 7.96. The molecule has 0 aromatic heterocycles. The maximum atomic E-state index is 6.04. The van der Waals surface area contributed by atoms with Crippen molar-refractivity contribution in [1.82, 2.24) is 4.90 Å². The molecule has 0 saturated carbocycles. The number of benzene rings is 1. The monoisotopic (exact) mass is 275 g/mol. The van der Waals surface area contributed by atoms with Crippen LogP contribution in [0.2, 0.25) is 0 Å². The summed E-state index contributed by atoms with van der Waals surface area (Å²) in [6.45, 7) is 6.38. The molecule has 3 heteroatoms. The van der Waals surface area contributed by atoms with Crippen LogP contribution in [0.1, 0.15) is 32.6 Å². The van der Waals surface area contributed by atoms with Crippen molar-refractivity contribution in [3.63, 3.8) is 0 Å². The molecule has 0 amide bonds. The molecule has 0 bridgehead atoms. The predicted molar refractivity (Wildman–Crippen MR) is 80.4 cm³/mol. The Morgan fingerprint density at radius 2 is 1.90 bits per heavy atom. The molecule has 3 nitrogen and oxygen atoms in total. The number of ether oxygens (including phenoxy) is 2. The van der Waals surface area contributed by atoms with E-state index in [4.69, 9.17) is 9.47 Å². The second kappa shape index (κ2) is 6.49. The zero-order chi connectivity index (χ0) is 13.8. The van der Waals surface area contributed by atoms with Gasteiger partial charge < -0.3 is 9.47 Å². The lowest BCUT2D eigenvalue weighted by Gasteiger charge is -2.35. The Hall–Kier alpha value is -1.22. The maximum absolute atomic E-state index is 6.04. The molecule has 20 heavy (non-hydrogen) atoms. The molecule has 2 heterocycles. The van der Waals surface area contributed by atoms with Gasteiger partial charge >= 0.3 is 0 Å². The summed E-state index contributed by atoms with van der Waals surface area (Å²) in [5.74, 6) is 2.72. The minimum Gasteiger partial charge on any atom is -0.486 e. The van der Waals surface area contributed by atoms with E-state index in [-0.39, 0.29) is 6.10 Å². The molecular formula is C17H25NO2. The van der Waals surface area contributed by atoms with Gasteiger partial charge in [0.15, 0.2) is 11.5 Å². The minimum absolute atomic E-state index is 0.174. The first kappa shape index (κ1) is 13.7. The van der Waals surface area contributed by atoms with Crippen LogP contribution in [0.25, 0.3) is 0 Å². The fourth-order valence-electron chi connectivity index (χ4n) is 3.31. The summed E-state index contributed by atoms with van der Waals surface area (Å²) in [6.07, 6.45) is 5.58. The first-order valence-electron chi connectivity index (χ1n) is 7.96. The van der Waals surface area contributed by atoms with E-state index < -0.39 is 0 Å². The highest BCUT2D eigenvalue weighted by Crippen LogP contribution is 2.31. The van der Waals surface area contributed by atoms with E-state index in [1.807, 2.05) is 24.3 Å². The molecule has 2 aliphatic rings. The summed E-state index contributed by atoms with van der Waals surface area (Å²) in [7, 11) is 0. The highest BCUT2D eigenvalue weighted by Gasteiger charge is 2.25. The second-order valence-electron chi connectivity index (χ2n) is 6.03. The van der Waals surface area contributed by atoms with Crippen molar-refractivity contribution in [3.8, 4) is 11.5 Å². The van der Waals surface area contributed by atoms with Crippen molar-refractivity contribution in [2.75, 3.05) is 26.2 Å². The maximum Gasteiger partial charge on any atom is 0.161 e. The minimum atomic E-state index is 0.174. The van der Waals surface area contributed by atoms with Crippen molar-refractivity contribution in [1.29, 1.82) is 0 Å². The zero-order valence-corrected chi connectivity index (χ0v) is 12.4. The molecule has 1 aromatic rings. The molecule has 1 saturated heterocycles. The summed E-state index contributed by atoms with van der Waals surface area (Å²) in [5, 5.41) is 0. The van der Waals surface area contributed by atoms with Gasteiger partial charge in [-0.15, -0.1) is 0 Å². The summed E-state index contributed by atoms with van der Waals surface area (Å²) in [5.41, 5.74) is 0. The molecule has 2 aliphatic heterocycles. The molecule has 1 fully saturated rings. The molecule has 1 unspecified atom stereocenters. The van der Waals surface area contributed by atoms with Crippen LogP contribution < -0.4 is 9.47 Å². The molecule has 0 radical (unpaired) electrons. The van der Waals surface area contributed by atoms with E-state index in [0.29, 0.717) is 6.61 Å². The van der Waals surface area contributed by atoms with Crippen LogP contribution in [0.3, 0.4) is 0 Å². The zero-order valence-electron chi connectivity index (χ0n) is 12.4. The van der Waals surface area contributed by atoms with Gasteiger partial charge in [0.25, 0.3) is 0 Å². The molecule has 0 N–H and O–H groups in total. The van der Waals surface area contributed by atoms with E-state index >= 15 is 0 Å². The van der Waals surface area contributed by atoms with E-state index in [1.54, 1.807) is 0 Å².